The maximum Gasteiger partial charge on any atom is 0.178 e. The highest BCUT2D eigenvalue weighted by Gasteiger charge is 2.01. The van der Waals surface area contributed by atoms with Crippen LogP contribution >= 0.6 is 0 Å². The number of ketones is 1. The molecule has 0 aliphatic rings. The van der Waals surface area contributed by atoms with Gasteiger partial charge in [-0.05, 0) is 47.5 Å². The molecule has 0 fully saturated rings. The van der Waals surface area contributed by atoms with Crippen LogP contribution in [0.1, 0.15) is 16.7 Å². The first-order chi connectivity index (χ1) is 11.5. The number of aromatic hydroxyl groups is 2. The standard InChI is InChI=1S/C19H18O5/c1-24-19-11-14(5-9-18(19)23)3-7-16(21)6-2-13-4-8-17(22)15(10-13)12-20/h2-11,20,22-23H,12H2,1H3/b6-2+,7-3+. The van der Waals surface area contributed by atoms with Crippen molar-refractivity contribution in [2.45, 2.75) is 6.61 Å². The molecule has 2 rings (SSSR count). The maximum absolute atomic E-state index is 11.9. The third kappa shape index (κ3) is 4.47. The van der Waals surface area contributed by atoms with Gasteiger partial charge in [-0.15, -0.1) is 0 Å². The molecule has 0 spiro atoms. The fourth-order valence-corrected chi connectivity index (χ4v) is 2.05. The summed E-state index contributed by atoms with van der Waals surface area (Å²) in [6, 6.07) is 9.50. The normalized spacial score (nSPS) is 11.2. The summed E-state index contributed by atoms with van der Waals surface area (Å²) in [6.45, 7) is -0.274. The molecule has 0 saturated carbocycles. The number of ether oxygens (including phenoxy) is 1. The van der Waals surface area contributed by atoms with Crippen LogP contribution in [0.15, 0.2) is 48.6 Å². The molecule has 0 aliphatic carbocycles. The number of phenolic OH excluding ortho intramolecular Hbond substituents is 1. The van der Waals surface area contributed by atoms with Gasteiger partial charge in [-0.1, -0.05) is 24.3 Å². The van der Waals surface area contributed by atoms with Crippen molar-refractivity contribution in [3.63, 3.8) is 0 Å². The molecule has 124 valence electrons. The second kappa shape index (κ2) is 7.99. The van der Waals surface area contributed by atoms with Crippen LogP contribution in [-0.4, -0.2) is 28.2 Å². The van der Waals surface area contributed by atoms with E-state index in [0.717, 1.165) is 5.56 Å². The van der Waals surface area contributed by atoms with Crippen LogP contribution in [0.4, 0.5) is 0 Å². The van der Waals surface area contributed by atoms with E-state index in [9.17, 15) is 15.0 Å². The van der Waals surface area contributed by atoms with E-state index in [4.69, 9.17) is 9.84 Å². The summed E-state index contributed by atoms with van der Waals surface area (Å²) in [5.74, 6) is 0.163. The Labute approximate surface area is 139 Å². The molecule has 0 amide bonds. The lowest BCUT2D eigenvalue weighted by molar-refractivity contribution is -0.110. The van der Waals surface area contributed by atoms with Crippen LogP contribution in [0.3, 0.4) is 0 Å². The van der Waals surface area contributed by atoms with Gasteiger partial charge in [0.05, 0.1) is 13.7 Å². The highest BCUT2D eigenvalue weighted by atomic mass is 16.5. The minimum Gasteiger partial charge on any atom is -0.508 e. The van der Waals surface area contributed by atoms with Crippen molar-refractivity contribution < 1.29 is 24.9 Å². The highest BCUT2D eigenvalue weighted by Crippen LogP contribution is 2.26. The summed E-state index contributed by atoms with van der Waals surface area (Å²) >= 11 is 0. The molecular formula is C19H18O5. The number of aliphatic hydroxyl groups is 1. The van der Waals surface area contributed by atoms with Crippen LogP contribution in [0.5, 0.6) is 17.2 Å². The van der Waals surface area contributed by atoms with E-state index in [2.05, 4.69) is 0 Å². The maximum atomic E-state index is 11.9. The number of carbonyl (C=O) groups is 1. The zero-order valence-corrected chi connectivity index (χ0v) is 13.1. The number of aliphatic hydroxyl groups excluding tert-OH is 1. The zero-order valence-electron chi connectivity index (χ0n) is 13.1. The SMILES string of the molecule is COc1cc(/C=C/C(=O)/C=C/c2ccc(O)c(CO)c2)ccc1O. The molecule has 0 aromatic heterocycles. The van der Waals surface area contributed by atoms with E-state index in [-0.39, 0.29) is 23.9 Å². The number of methoxy groups -OCH3 is 1. The number of carbonyl (C=O) groups excluding carboxylic acids is 1. The number of benzene rings is 2. The first-order valence-electron chi connectivity index (χ1n) is 7.23. The van der Waals surface area contributed by atoms with Crippen molar-refractivity contribution in [1.82, 2.24) is 0 Å². The predicted molar refractivity (Wildman–Crippen MR) is 91.8 cm³/mol. The average molecular weight is 326 g/mol. The van der Waals surface area contributed by atoms with Crippen molar-refractivity contribution in [2.75, 3.05) is 7.11 Å². The molecule has 0 aliphatic heterocycles. The van der Waals surface area contributed by atoms with Gasteiger partial charge >= 0.3 is 0 Å². The summed E-state index contributed by atoms with van der Waals surface area (Å²) in [7, 11) is 1.45. The average Bonchev–Trinajstić information content (AvgIpc) is 2.60. The quantitative estimate of drug-likeness (QED) is 0.711. The Kier molecular flexibility index (Phi) is 5.76. The lowest BCUT2D eigenvalue weighted by atomic mass is 10.1. The third-order valence-electron chi connectivity index (χ3n) is 3.36. The predicted octanol–water partition coefficient (Wildman–Crippen LogP) is 2.89. The topological polar surface area (TPSA) is 87.0 Å². The Morgan fingerprint density at radius 1 is 1.00 bits per heavy atom. The minimum absolute atomic E-state index is 0.0159. The second-order valence-corrected chi connectivity index (χ2v) is 5.05. The van der Waals surface area contributed by atoms with Crippen LogP contribution in [0.25, 0.3) is 12.2 Å². The Hall–Kier alpha value is -3.05. The van der Waals surface area contributed by atoms with Crippen molar-refractivity contribution >= 4 is 17.9 Å². The van der Waals surface area contributed by atoms with Gasteiger partial charge in [-0.3, -0.25) is 4.79 Å². The van der Waals surface area contributed by atoms with E-state index in [1.165, 1.54) is 31.4 Å². The van der Waals surface area contributed by atoms with Gasteiger partial charge in [-0.2, -0.15) is 0 Å². The van der Waals surface area contributed by atoms with E-state index in [1.807, 2.05) is 0 Å². The molecule has 5 nitrogen and oxygen atoms in total. The fraction of sp³-hybridized carbons (Fsp3) is 0.105. The molecule has 3 N–H and O–H groups in total. The molecule has 24 heavy (non-hydrogen) atoms. The molecular weight excluding hydrogens is 308 g/mol. The van der Waals surface area contributed by atoms with Gasteiger partial charge in [0.1, 0.15) is 5.75 Å². The smallest absolute Gasteiger partial charge is 0.178 e. The summed E-state index contributed by atoms with van der Waals surface area (Å²) in [5.41, 5.74) is 1.82. The van der Waals surface area contributed by atoms with Gasteiger partial charge < -0.3 is 20.1 Å². The van der Waals surface area contributed by atoms with Crippen LogP contribution < -0.4 is 4.74 Å². The van der Waals surface area contributed by atoms with Crippen molar-refractivity contribution in [2.24, 2.45) is 0 Å². The molecule has 0 bridgehead atoms. The van der Waals surface area contributed by atoms with Gasteiger partial charge in [-0.25, -0.2) is 0 Å². The molecule has 5 heteroatoms. The summed E-state index contributed by atoms with van der Waals surface area (Å²) in [4.78, 5) is 11.9. The summed E-state index contributed by atoms with van der Waals surface area (Å²) < 4.78 is 5.01. The molecule has 0 unspecified atom stereocenters. The highest BCUT2D eigenvalue weighted by molar-refractivity contribution is 6.04. The summed E-state index contributed by atoms with van der Waals surface area (Å²) in [5, 5.41) is 28.1. The fourth-order valence-electron chi connectivity index (χ4n) is 2.05. The van der Waals surface area contributed by atoms with E-state index < -0.39 is 0 Å². The lowest BCUT2D eigenvalue weighted by Gasteiger charge is -2.03. The number of hydrogen-bond donors (Lipinski definition) is 3. The monoisotopic (exact) mass is 326 g/mol. The van der Waals surface area contributed by atoms with Crippen molar-refractivity contribution in [3.8, 4) is 17.2 Å². The second-order valence-electron chi connectivity index (χ2n) is 5.05. The first kappa shape index (κ1) is 17.3. The van der Waals surface area contributed by atoms with Gasteiger partial charge in [0, 0.05) is 5.56 Å². The van der Waals surface area contributed by atoms with E-state index in [0.29, 0.717) is 16.9 Å². The van der Waals surface area contributed by atoms with E-state index >= 15 is 0 Å². The minimum atomic E-state index is -0.274. The molecule has 0 saturated heterocycles. The third-order valence-corrected chi connectivity index (χ3v) is 3.36. The lowest BCUT2D eigenvalue weighted by Crippen LogP contribution is -1.88. The number of hydrogen-bond acceptors (Lipinski definition) is 5. The molecule has 0 heterocycles. The van der Waals surface area contributed by atoms with Gasteiger partial charge in [0.15, 0.2) is 17.3 Å². The Bertz CT molecular complexity index is 725. The molecule has 2 aromatic rings. The largest absolute Gasteiger partial charge is 0.508 e. The number of allylic oxidation sites excluding steroid dienone is 2. The Morgan fingerprint density at radius 2 is 1.58 bits per heavy atom. The van der Waals surface area contributed by atoms with Gasteiger partial charge in [0.25, 0.3) is 0 Å². The van der Waals surface area contributed by atoms with Crippen molar-refractivity contribution in [3.05, 3.63) is 65.2 Å². The number of rotatable bonds is 6. The van der Waals surface area contributed by atoms with Crippen LogP contribution in [0.2, 0.25) is 0 Å². The van der Waals surface area contributed by atoms with Crippen LogP contribution in [0, 0.1) is 0 Å². The summed E-state index contributed by atoms with van der Waals surface area (Å²) in [6.07, 6.45) is 6.00. The van der Waals surface area contributed by atoms with Crippen molar-refractivity contribution in [1.29, 1.82) is 0 Å². The Balaban J connectivity index is 2.07. The van der Waals surface area contributed by atoms with Crippen LogP contribution in [-0.2, 0) is 11.4 Å². The molecule has 2 aromatic carbocycles. The first-order valence-corrected chi connectivity index (χ1v) is 7.23. The van der Waals surface area contributed by atoms with Gasteiger partial charge in [0.2, 0.25) is 0 Å². The van der Waals surface area contributed by atoms with E-state index in [1.54, 1.807) is 36.4 Å². The zero-order chi connectivity index (χ0) is 17.5. The molecule has 0 radical (unpaired) electrons. The molecule has 0 atom stereocenters. The number of phenols is 2. The Morgan fingerprint density at radius 3 is 2.17 bits per heavy atom.